The highest BCUT2D eigenvalue weighted by Crippen LogP contribution is 2.26. The fourth-order valence-corrected chi connectivity index (χ4v) is 3.66. The molecule has 2 atom stereocenters. The van der Waals surface area contributed by atoms with E-state index in [2.05, 4.69) is 0 Å². The highest BCUT2D eigenvalue weighted by Gasteiger charge is 2.37. The van der Waals surface area contributed by atoms with E-state index in [9.17, 15) is 14.7 Å². The highest BCUT2D eigenvalue weighted by molar-refractivity contribution is 6.32. The average molecular weight is 425 g/mol. The second kappa shape index (κ2) is 9.58. The van der Waals surface area contributed by atoms with E-state index in [0.717, 1.165) is 4.74 Å². The second-order valence-electron chi connectivity index (χ2n) is 7.12. The summed E-state index contributed by atoms with van der Waals surface area (Å²) in [6, 6.07) is 8.09. The first kappa shape index (κ1) is 21.6. The number of benzene rings is 1. The Morgan fingerprint density at radius 2 is 1.90 bits per heavy atom. The van der Waals surface area contributed by atoms with Gasteiger partial charge in [0.05, 0.1) is 25.9 Å². The maximum Gasteiger partial charge on any atom is 0.323 e. The summed E-state index contributed by atoms with van der Waals surface area (Å²) in [6.07, 6.45) is -1.05. The van der Waals surface area contributed by atoms with Crippen LogP contribution in [-0.4, -0.2) is 65.3 Å². The molecule has 8 nitrogen and oxygen atoms in total. The number of hydrogen-bond donors (Lipinski definition) is 1. The van der Waals surface area contributed by atoms with Crippen molar-refractivity contribution in [2.45, 2.75) is 38.6 Å². The van der Waals surface area contributed by atoms with Gasteiger partial charge in [0.15, 0.2) is 10.8 Å². The summed E-state index contributed by atoms with van der Waals surface area (Å²) >= 11 is 6.22. The van der Waals surface area contributed by atoms with Crippen molar-refractivity contribution in [1.82, 2.24) is 9.64 Å². The molecule has 0 radical (unpaired) electrons. The molecular weight excluding hydrogens is 400 g/mol. The molecule has 0 aliphatic carbocycles. The van der Waals surface area contributed by atoms with Crippen LogP contribution in [0.5, 0.6) is 0 Å². The lowest BCUT2D eigenvalue weighted by atomic mass is 10.1. The van der Waals surface area contributed by atoms with E-state index in [0.29, 0.717) is 31.9 Å². The Morgan fingerprint density at radius 1 is 1.24 bits per heavy atom. The average Bonchev–Trinajstić information content (AvgIpc) is 2.97. The van der Waals surface area contributed by atoms with Crippen LogP contribution in [0.15, 0.2) is 39.6 Å². The number of aromatic nitrogens is 1. The Bertz CT molecular complexity index is 873. The molecule has 2 aromatic rings. The third-order valence-corrected chi connectivity index (χ3v) is 5.02. The molecule has 1 aliphatic heterocycles. The van der Waals surface area contributed by atoms with Crippen molar-refractivity contribution in [2.24, 2.45) is 0 Å². The molecule has 0 spiro atoms. The first-order valence-corrected chi connectivity index (χ1v) is 9.91. The molecule has 1 N–H and O–H groups in total. The van der Waals surface area contributed by atoms with Crippen LogP contribution in [0.1, 0.15) is 13.8 Å². The summed E-state index contributed by atoms with van der Waals surface area (Å²) < 4.78 is 18.0. The Hall–Kier alpha value is -2.13. The van der Waals surface area contributed by atoms with E-state index < -0.39 is 23.7 Å². The largest absolute Gasteiger partial charge is 0.480 e. The van der Waals surface area contributed by atoms with Crippen molar-refractivity contribution in [2.75, 3.05) is 26.3 Å². The van der Waals surface area contributed by atoms with Crippen LogP contribution in [0, 0.1) is 0 Å². The number of morpholine rings is 1. The minimum atomic E-state index is -1.02. The number of rotatable bonds is 8. The van der Waals surface area contributed by atoms with Gasteiger partial charge in [0, 0.05) is 18.7 Å². The van der Waals surface area contributed by atoms with E-state index in [-0.39, 0.29) is 23.4 Å². The van der Waals surface area contributed by atoms with Gasteiger partial charge in [0.2, 0.25) is 0 Å². The third-order valence-electron chi connectivity index (χ3n) is 4.69. The third kappa shape index (κ3) is 5.08. The van der Waals surface area contributed by atoms with Crippen molar-refractivity contribution in [3.05, 3.63) is 45.7 Å². The van der Waals surface area contributed by atoms with Gasteiger partial charge >= 0.3 is 11.5 Å². The summed E-state index contributed by atoms with van der Waals surface area (Å²) in [5.41, 5.74) is 0.145. The van der Waals surface area contributed by atoms with E-state index in [1.54, 1.807) is 17.0 Å². The van der Waals surface area contributed by atoms with Gasteiger partial charge in [0.1, 0.15) is 12.1 Å². The molecule has 29 heavy (non-hydrogen) atoms. The smallest absolute Gasteiger partial charge is 0.323 e. The maximum absolute atomic E-state index is 12.7. The van der Waals surface area contributed by atoms with Crippen molar-refractivity contribution < 1.29 is 23.9 Å². The molecule has 3 rings (SSSR count). The number of halogens is 1. The fraction of sp³-hybridized carbons (Fsp3) is 0.500. The number of carboxylic acids is 1. The molecule has 0 bridgehead atoms. The zero-order valence-corrected chi connectivity index (χ0v) is 17.2. The number of carboxylic acid groups (broad SMARTS) is 1. The standard InChI is InChI=1S/C20H25ClN2O6/c1-13(2)28-15(17(20(25)26)22-8-10-27-11-9-22)12-23-19(24)16(21)18(29-23)14-6-4-3-5-7-14/h3-7,13,15,17H,8-12H2,1-2H3,(H,25,26). The van der Waals surface area contributed by atoms with Crippen molar-refractivity contribution >= 4 is 17.6 Å². The number of ether oxygens (including phenoxy) is 2. The highest BCUT2D eigenvalue weighted by atomic mass is 35.5. The fourth-order valence-electron chi connectivity index (χ4n) is 3.42. The van der Waals surface area contributed by atoms with Gasteiger partial charge in [-0.25, -0.2) is 0 Å². The van der Waals surface area contributed by atoms with Crippen LogP contribution in [0.4, 0.5) is 0 Å². The van der Waals surface area contributed by atoms with E-state index in [4.69, 9.17) is 25.6 Å². The molecule has 1 fully saturated rings. The van der Waals surface area contributed by atoms with Crippen LogP contribution >= 0.6 is 11.6 Å². The molecule has 0 amide bonds. The minimum absolute atomic E-state index is 0.0438. The summed E-state index contributed by atoms with van der Waals surface area (Å²) in [7, 11) is 0. The number of nitrogens with zero attached hydrogens (tertiary/aromatic N) is 2. The molecule has 1 saturated heterocycles. The first-order chi connectivity index (χ1) is 13.9. The number of aliphatic carboxylic acids is 1. The van der Waals surface area contributed by atoms with E-state index in [1.165, 1.54) is 0 Å². The Balaban J connectivity index is 1.92. The van der Waals surface area contributed by atoms with Gasteiger partial charge in [-0.3, -0.25) is 14.5 Å². The molecule has 9 heteroatoms. The molecule has 0 saturated carbocycles. The van der Waals surface area contributed by atoms with Gasteiger partial charge in [-0.1, -0.05) is 41.9 Å². The van der Waals surface area contributed by atoms with Crippen LogP contribution in [-0.2, 0) is 20.8 Å². The molecule has 2 heterocycles. The lowest BCUT2D eigenvalue weighted by Crippen LogP contribution is -2.55. The predicted octanol–water partition coefficient (Wildman–Crippen LogP) is 2.34. The minimum Gasteiger partial charge on any atom is -0.480 e. The molecule has 1 aromatic carbocycles. The summed E-state index contributed by atoms with van der Waals surface area (Å²) in [5, 5.41) is 9.84. The first-order valence-electron chi connectivity index (χ1n) is 9.53. The maximum atomic E-state index is 12.7. The normalized spacial score (nSPS) is 17.4. The van der Waals surface area contributed by atoms with Gasteiger partial charge in [-0.2, -0.15) is 4.74 Å². The Labute approximate surface area is 173 Å². The van der Waals surface area contributed by atoms with Crippen molar-refractivity contribution in [3.8, 4) is 11.3 Å². The molecule has 1 aliphatic rings. The molecular formula is C20H25ClN2O6. The van der Waals surface area contributed by atoms with Crippen LogP contribution < -0.4 is 5.56 Å². The quantitative estimate of drug-likeness (QED) is 0.695. The van der Waals surface area contributed by atoms with Gasteiger partial charge in [-0.15, -0.1) is 0 Å². The SMILES string of the molecule is CC(C)OC(Cn1oc(-c2ccccc2)c(Cl)c1=O)C(C(=O)O)N1CCOCC1. The van der Waals surface area contributed by atoms with Gasteiger partial charge in [0.25, 0.3) is 0 Å². The van der Waals surface area contributed by atoms with E-state index in [1.807, 2.05) is 32.0 Å². The lowest BCUT2D eigenvalue weighted by Gasteiger charge is -2.36. The van der Waals surface area contributed by atoms with Crippen LogP contribution in [0.25, 0.3) is 11.3 Å². The molecule has 158 valence electrons. The van der Waals surface area contributed by atoms with Gasteiger partial charge < -0.3 is 19.1 Å². The van der Waals surface area contributed by atoms with Crippen molar-refractivity contribution in [3.63, 3.8) is 0 Å². The zero-order valence-electron chi connectivity index (χ0n) is 16.4. The lowest BCUT2D eigenvalue weighted by molar-refractivity contribution is -0.156. The Morgan fingerprint density at radius 3 is 2.48 bits per heavy atom. The Kier molecular flexibility index (Phi) is 7.13. The molecule has 2 unspecified atom stereocenters. The predicted molar refractivity (Wildman–Crippen MR) is 107 cm³/mol. The van der Waals surface area contributed by atoms with Crippen molar-refractivity contribution in [1.29, 1.82) is 0 Å². The number of carbonyl (C=O) groups is 1. The molecule has 1 aromatic heterocycles. The summed E-state index contributed by atoms with van der Waals surface area (Å²) in [5.74, 6) is -0.773. The summed E-state index contributed by atoms with van der Waals surface area (Å²) in [4.78, 5) is 26.5. The number of hydrogen-bond acceptors (Lipinski definition) is 6. The van der Waals surface area contributed by atoms with Crippen LogP contribution in [0.2, 0.25) is 5.02 Å². The second-order valence-corrected chi connectivity index (χ2v) is 7.50. The zero-order chi connectivity index (χ0) is 21.0. The van der Waals surface area contributed by atoms with Gasteiger partial charge in [-0.05, 0) is 13.8 Å². The van der Waals surface area contributed by atoms with E-state index >= 15 is 0 Å². The summed E-state index contributed by atoms with van der Waals surface area (Å²) in [6.45, 7) is 5.40. The van der Waals surface area contributed by atoms with Crippen LogP contribution in [0.3, 0.4) is 0 Å². The monoisotopic (exact) mass is 424 g/mol. The topological polar surface area (TPSA) is 94.1 Å².